The first-order valence-electron chi connectivity index (χ1n) is 6.60. The van der Waals surface area contributed by atoms with Gasteiger partial charge in [-0.25, -0.2) is 4.98 Å². The largest absolute Gasteiger partial charge is 0.386 e. The summed E-state index contributed by atoms with van der Waals surface area (Å²) in [6, 6.07) is 8.37. The lowest BCUT2D eigenvalue weighted by Gasteiger charge is -2.14. The van der Waals surface area contributed by atoms with Gasteiger partial charge in [-0.05, 0) is 5.56 Å². The van der Waals surface area contributed by atoms with E-state index in [0.717, 1.165) is 16.3 Å². The summed E-state index contributed by atoms with van der Waals surface area (Å²) in [5, 5.41) is 6.22. The molecule has 0 saturated carbocycles. The van der Waals surface area contributed by atoms with Gasteiger partial charge >= 0.3 is 0 Å². The molecule has 0 aliphatic carbocycles. The SMILES string of the molecule is C=C(N)NCc1ccc(-c2nc(C(C)(C)C)cs2)cc1. The fraction of sp³-hybridized carbons (Fsp3) is 0.312. The van der Waals surface area contributed by atoms with Gasteiger partial charge in [-0.15, -0.1) is 11.3 Å². The van der Waals surface area contributed by atoms with Crippen LogP contribution in [0.3, 0.4) is 0 Å². The topological polar surface area (TPSA) is 50.9 Å². The average Bonchev–Trinajstić information content (AvgIpc) is 2.86. The zero-order chi connectivity index (χ0) is 14.8. The Labute approximate surface area is 124 Å². The third-order valence-corrected chi connectivity index (χ3v) is 3.88. The van der Waals surface area contributed by atoms with Gasteiger partial charge in [-0.2, -0.15) is 0 Å². The van der Waals surface area contributed by atoms with E-state index in [1.54, 1.807) is 11.3 Å². The molecular weight excluding hydrogens is 266 g/mol. The van der Waals surface area contributed by atoms with Crippen LogP contribution in [0.5, 0.6) is 0 Å². The van der Waals surface area contributed by atoms with Crippen LogP contribution in [0.2, 0.25) is 0 Å². The van der Waals surface area contributed by atoms with Crippen molar-refractivity contribution in [2.45, 2.75) is 32.7 Å². The second-order valence-corrected chi connectivity index (χ2v) is 6.72. The summed E-state index contributed by atoms with van der Waals surface area (Å²) in [7, 11) is 0. The molecule has 0 spiro atoms. The van der Waals surface area contributed by atoms with E-state index in [9.17, 15) is 0 Å². The van der Waals surface area contributed by atoms with Crippen molar-refractivity contribution in [2.24, 2.45) is 5.73 Å². The van der Waals surface area contributed by atoms with Crippen molar-refractivity contribution >= 4 is 11.3 Å². The molecule has 1 heterocycles. The summed E-state index contributed by atoms with van der Waals surface area (Å²) in [6.07, 6.45) is 0. The van der Waals surface area contributed by atoms with Crippen LogP contribution in [0.4, 0.5) is 0 Å². The zero-order valence-electron chi connectivity index (χ0n) is 12.2. The minimum atomic E-state index is 0.0973. The summed E-state index contributed by atoms with van der Waals surface area (Å²) < 4.78 is 0. The molecule has 20 heavy (non-hydrogen) atoms. The summed E-state index contributed by atoms with van der Waals surface area (Å²) in [6.45, 7) is 10.9. The molecule has 0 saturated heterocycles. The van der Waals surface area contributed by atoms with Crippen LogP contribution in [-0.4, -0.2) is 4.98 Å². The molecule has 3 N–H and O–H groups in total. The van der Waals surface area contributed by atoms with Crippen LogP contribution in [0, 0.1) is 0 Å². The van der Waals surface area contributed by atoms with E-state index >= 15 is 0 Å². The maximum atomic E-state index is 5.49. The summed E-state index contributed by atoms with van der Waals surface area (Å²) in [5.41, 5.74) is 9.06. The molecule has 2 rings (SSSR count). The van der Waals surface area contributed by atoms with E-state index in [4.69, 9.17) is 10.7 Å². The standard InChI is InChI=1S/C16H21N3S/c1-11(17)18-9-12-5-7-13(8-6-12)15-19-14(10-20-15)16(2,3)4/h5-8,10,18H,1,9,17H2,2-4H3. The lowest BCUT2D eigenvalue weighted by Crippen LogP contribution is -2.17. The fourth-order valence-electron chi connectivity index (χ4n) is 1.73. The van der Waals surface area contributed by atoms with Crippen molar-refractivity contribution in [3.63, 3.8) is 0 Å². The molecule has 0 aliphatic rings. The van der Waals surface area contributed by atoms with Crippen LogP contribution in [0.1, 0.15) is 32.0 Å². The predicted molar refractivity (Wildman–Crippen MR) is 86.4 cm³/mol. The van der Waals surface area contributed by atoms with Crippen LogP contribution in [0.15, 0.2) is 42.0 Å². The number of rotatable bonds is 4. The zero-order valence-corrected chi connectivity index (χ0v) is 13.1. The van der Waals surface area contributed by atoms with Gasteiger partial charge in [0.15, 0.2) is 0 Å². The van der Waals surface area contributed by atoms with Crippen molar-refractivity contribution in [1.29, 1.82) is 0 Å². The Balaban J connectivity index is 2.14. The van der Waals surface area contributed by atoms with Crippen LogP contribution in [0.25, 0.3) is 10.6 Å². The van der Waals surface area contributed by atoms with Crippen molar-refractivity contribution in [2.75, 3.05) is 0 Å². The third-order valence-electron chi connectivity index (χ3n) is 2.99. The first-order valence-corrected chi connectivity index (χ1v) is 7.48. The summed E-state index contributed by atoms with van der Waals surface area (Å²) in [4.78, 5) is 4.72. The molecule has 2 aromatic rings. The first kappa shape index (κ1) is 14.6. The van der Waals surface area contributed by atoms with Gasteiger partial charge in [0.1, 0.15) is 5.01 Å². The Bertz CT molecular complexity index is 591. The van der Waals surface area contributed by atoms with E-state index in [0.29, 0.717) is 12.4 Å². The van der Waals surface area contributed by atoms with E-state index in [1.807, 2.05) is 0 Å². The van der Waals surface area contributed by atoms with Crippen molar-refractivity contribution in [3.05, 3.63) is 53.3 Å². The molecule has 106 valence electrons. The Morgan fingerprint density at radius 2 is 1.95 bits per heavy atom. The van der Waals surface area contributed by atoms with Crippen molar-refractivity contribution < 1.29 is 0 Å². The number of hydrogen-bond donors (Lipinski definition) is 2. The lowest BCUT2D eigenvalue weighted by molar-refractivity contribution is 0.573. The molecular formula is C16H21N3S. The fourth-order valence-corrected chi connectivity index (χ4v) is 2.78. The average molecular weight is 287 g/mol. The second kappa shape index (κ2) is 5.67. The Hall–Kier alpha value is -1.81. The summed E-state index contributed by atoms with van der Waals surface area (Å²) >= 11 is 1.69. The van der Waals surface area contributed by atoms with Gasteiger partial charge in [-0.1, -0.05) is 51.6 Å². The minimum Gasteiger partial charge on any atom is -0.386 e. The molecule has 3 nitrogen and oxygen atoms in total. The maximum Gasteiger partial charge on any atom is 0.123 e. The monoisotopic (exact) mass is 287 g/mol. The van der Waals surface area contributed by atoms with Crippen LogP contribution >= 0.6 is 11.3 Å². The van der Waals surface area contributed by atoms with Gasteiger partial charge < -0.3 is 11.1 Å². The molecule has 0 atom stereocenters. The lowest BCUT2D eigenvalue weighted by atomic mass is 9.93. The quantitative estimate of drug-likeness (QED) is 0.903. The number of nitrogens with two attached hydrogens (primary N) is 1. The predicted octanol–water partition coefficient (Wildman–Crippen LogP) is 3.63. The molecule has 0 amide bonds. The van der Waals surface area contributed by atoms with E-state index in [-0.39, 0.29) is 5.41 Å². The van der Waals surface area contributed by atoms with Gasteiger partial charge in [0.2, 0.25) is 0 Å². The molecule has 0 fully saturated rings. The number of thiazole rings is 1. The minimum absolute atomic E-state index is 0.0973. The second-order valence-electron chi connectivity index (χ2n) is 5.86. The molecule has 0 aliphatic heterocycles. The highest BCUT2D eigenvalue weighted by molar-refractivity contribution is 7.13. The molecule has 0 radical (unpaired) electrons. The van der Waals surface area contributed by atoms with E-state index in [2.05, 4.69) is 62.3 Å². The maximum absolute atomic E-state index is 5.49. The van der Waals surface area contributed by atoms with Crippen molar-refractivity contribution in [3.8, 4) is 10.6 Å². The van der Waals surface area contributed by atoms with Gasteiger partial charge in [0.05, 0.1) is 11.5 Å². The van der Waals surface area contributed by atoms with Gasteiger partial charge in [0, 0.05) is 22.9 Å². The number of benzene rings is 1. The van der Waals surface area contributed by atoms with Crippen LogP contribution < -0.4 is 11.1 Å². The van der Waals surface area contributed by atoms with Crippen molar-refractivity contribution in [1.82, 2.24) is 10.3 Å². The molecule has 0 bridgehead atoms. The van der Waals surface area contributed by atoms with Gasteiger partial charge in [0.25, 0.3) is 0 Å². The normalized spacial score (nSPS) is 11.3. The highest BCUT2D eigenvalue weighted by Crippen LogP contribution is 2.29. The molecule has 4 heteroatoms. The van der Waals surface area contributed by atoms with Gasteiger partial charge in [-0.3, -0.25) is 0 Å². The smallest absolute Gasteiger partial charge is 0.123 e. The Morgan fingerprint density at radius 1 is 1.30 bits per heavy atom. The number of aromatic nitrogens is 1. The van der Waals surface area contributed by atoms with E-state index in [1.165, 1.54) is 5.56 Å². The highest BCUT2D eigenvalue weighted by Gasteiger charge is 2.17. The molecule has 0 unspecified atom stereocenters. The number of nitrogens with one attached hydrogen (secondary N) is 1. The first-order chi connectivity index (χ1) is 9.36. The highest BCUT2D eigenvalue weighted by atomic mass is 32.1. The number of nitrogens with zero attached hydrogens (tertiary/aromatic N) is 1. The third kappa shape index (κ3) is 3.61. The molecule has 1 aromatic carbocycles. The summed E-state index contributed by atoms with van der Waals surface area (Å²) in [5.74, 6) is 0.490. The van der Waals surface area contributed by atoms with Crippen LogP contribution in [-0.2, 0) is 12.0 Å². The Kier molecular flexibility index (Phi) is 4.14. The number of hydrogen-bond acceptors (Lipinski definition) is 4. The Morgan fingerprint density at radius 3 is 2.45 bits per heavy atom. The van der Waals surface area contributed by atoms with E-state index < -0.39 is 0 Å². The molecule has 1 aromatic heterocycles.